The summed E-state index contributed by atoms with van der Waals surface area (Å²) in [5.74, 6) is 0.209. The van der Waals surface area contributed by atoms with Crippen molar-refractivity contribution in [2.24, 2.45) is 0 Å². The highest BCUT2D eigenvalue weighted by Crippen LogP contribution is 2.21. The number of nitrogens with zero attached hydrogens (tertiary/aromatic N) is 2. The minimum Gasteiger partial charge on any atom is -0.380 e. The number of benzene rings is 1. The lowest BCUT2D eigenvalue weighted by Crippen LogP contribution is -2.35. The van der Waals surface area contributed by atoms with E-state index in [1.807, 2.05) is 11.8 Å². The van der Waals surface area contributed by atoms with E-state index in [-0.39, 0.29) is 11.9 Å². The Bertz CT molecular complexity index is 524. The molecule has 5 heteroatoms. The summed E-state index contributed by atoms with van der Waals surface area (Å²) < 4.78 is 0. The fourth-order valence-corrected chi connectivity index (χ4v) is 2.44. The summed E-state index contributed by atoms with van der Waals surface area (Å²) in [5.41, 5.74) is 1.28. The van der Waals surface area contributed by atoms with Gasteiger partial charge in [-0.25, -0.2) is 0 Å². The number of halogens is 1. The number of nitriles is 1. The van der Waals surface area contributed by atoms with Crippen LogP contribution in [0.2, 0.25) is 5.02 Å². The molecule has 0 saturated carbocycles. The van der Waals surface area contributed by atoms with Crippen LogP contribution in [0.3, 0.4) is 0 Å². The molecule has 1 aliphatic rings. The minimum atomic E-state index is 0.0765. The molecular formula is C14H16ClN3O. The Morgan fingerprint density at radius 3 is 3.00 bits per heavy atom. The quantitative estimate of drug-likeness (QED) is 0.920. The van der Waals surface area contributed by atoms with Crippen LogP contribution < -0.4 is 5.32 Å². The summed E-state index contributed by atoms with van der Waals surface area (Å²) in [6.07, 6.45) is 1.58. The standard InChI is InChI=1S/C14H16ClN3O/c1-10(9-18-6-2-3-14(18)19)17-13-7-12(15)5-4-11(13)8-16/h4-5,7,10,17H,2-3,6,9H2,1H3. The summed E-state index contributed by atoms with van der Waals surface area (Å²) in [4.78, 5) is 13.4. The molecule has 0 aliphatic carbocycles. The predicted molar refractivity (Wildman–Crippen MR) is 75.1 cm³/mol. The number of hydrogen-bond donors (Lipinski definition) is 1. The maximum Gasteiger partial charge on any atom is 0.222 e. The molecule has 1 fully saturated rings. The molecule has 1 aromatic carbocycles. The van der Waals surface area contributed by atoms with Crippen molar-refractivity contribution in [2.75, 3.05) is 18.4 Å². The largest absolute Gasteiger partial charge is 0.380 e. The van der Waals surface area contributed by atoms with E-state index >= 15 is 0 Å². The van der Waals surface area contributed by atoms with Crippen LogP contribution >= 0.6 is 11.6 Å². The summed E-state index contributed by atoms with van der Waals surface area (Å²) in [5, 5.41) is 12.9. The summed E-state index contributed by atoms with van der Waals surface area (Å²) in [6.45, 7) is 3.47. The van der Waals surface area contributed by atoms with Gasteiger partial charge in [0.2, 0.25) is 5.91 Å². The Morgan fingerprint density at radius 1 is 1.58 bits per heavy atom. The number of carbonyl (C=O) groups excluding carboxylic acids is 1. The van der Waals surface area contributed by atoms with Crippen LogP contribution in [-0.4, -0.2) is 29.9 Å². The van der Waals surface area contributed by atoms with Gasteiger partial charge in [0, 0.05) is 30.6 Å². The molecule has 1 saturated heterocycles. The van der Waals surface area contributed by atoms with Gasteiger partial charge in [-0.15, -0.1) is 0 Å². The van der Waals surface area contributed by atoms with Crippen molar-refractivity contribution in [3.63, 3.8) is 0 Å². The number of likely N-dealkylation sites (tertiary alicyclic amines) is 1. The molecule has 100 valence electrons. The highest BCUT2D eigenvalue weighted by molar-refractivity contribution is 6.30. The molecule has 1 N–H and O–H groups in total. The van der Waals surface area contributed by atoms with E-state index in [9.17, 15) is 4.79 Å². The Hall–Kier alpha value is -1.73. The zero-order valence-corrected chi connectivity index (χ0v) is 11.6. The second kappa shape index (κ2) is 5.94. The molecule has 0 bridgehead atoms. The van der Waals surface area contributed by atoms with E-state index in [0.29, 0.717) is 29.2 Å². The number of anilines is 1. The van der Waals surface area contributed by atoms with Crippen molar-refractivity contribution in [3.05, 3.63) is 28.8 Å². The lowest BCUT2D eigenvalue weighted by molar-refractivity contribution is -0.127. The van der Waals surface area contributed by atoms with Crippen LogP contribution in [0.5, 0.6) is 0 Å². The fraction of sp³-hybridized carbons (Fsp3) is 0.429. The number of carbonyl (C=O) groups is 1. The van der Waals surface area contributed by atoms with Crippen LogP contribution in [0.25, 0.3) is 0 Å². The van der Waals surface area contributed by atoms with Crippen LogP contribution in [0.4, 0.5) is 5.69 Å². The normalized spacial score (nSPS) is 16.3. The second-order valence-corrected chi connectivity index (χ2v) is 5.23. The van der Waals surface area contributed by atoms with Gasteiger partial charge in [0.1, 0.15) is 6.07 Å². The summed E-state index contributed by atoms with van der Waals surface area (Å²) in [7, 11) is 0. The number of amides is 1. The van der Waals surface area contributed by atoms with Gasteiger partial charge < -0.3 is 10.2 Å². The predicted octanol–water partition coefficient (Wildman–Crippen LogP) is 2.63. The zero-order chi connectivity index (χ0) is 13.8. The third-order valence-electron chi connectivity index (χ3n) is 3.17. The van der Waals surface area contributed by atoms with Crippen molar-refractivity contribution in [1.82, 2.24) is 4.90 Å². The minimum absolute atomic E-state index is 0.0765. The van der Waals surface area contributed by atoms with Gasteiger partial charge in [-0.2, -0.15) is 5.26 Å². The molecule has 1 aliphatic heterocycles. The molecule has 0 aromatic heterocycles. The smallest absolute Gasteiger partial charge is 0.222 e. The SMILES string of the molecule is CC(CN1CCCC1=O)Nc1cc(Cl)ccc1C#N. The maximum absolute atomic E-state index is 11.6. The van der Waals surface area contributed by atoms with Crippen LogP contribution in [0.15, 0.2) is 18.2 Å². The highest BCUT2D eigenvalue weighted by Gasteiger charge is 2.21. The molecule has 1 unspecified atom stereocenters. The van der Waals surface area contributed by atoms with Gasteiger partial charge in [-0.1, -0.05) is 11.6 Å². The van der Waals surface area contributed by atoms with Crippen molar-refractivity contribution in [1.29, 1.82) is 5.26 Å². The lowest BCUT2D eigenvalue weighted by atomic mass is 10.1. The first-order valence-electron chi connectivity index (χ1n) is 6.34. The summed E-state index contributed by atoms with van der Waals surface area (Å²) in [6, 6.07) is 7.33. The molecule has 2 rings (SSSR count). The van der Waals surface area contributed by atoms with Crippen molar-refractivity contribution < 1.29 is 4.79 Å². The van der Waals surface area contributed by atoms with Gasteiger partial charge in [0.25, 0.3) is 0 Å². The van der Waals surface area contributed by atoms with E-state index in [2.05, 4.69) is 11.4 Å². The van der Waals surface area contributed by atoms with E-state index in [1.54, 1.807) is 18.2 Å². The monoisotopic (exact) mass is 277 g/mol. The molecule has 19 heavy (non-hydrogen) atoms. The Kier molecular flexibility index (Phi) is 4.28. The average molecular weight is 278 g/mol. The highest BCUT2D eigenvalue weighted by atomic mass is 35.5. The van der Waals surface area contributed by atoms with Gasteiger partial charge >= 0.3 is 0 Å². The molecular weight excluding hydrogens is 262 g/mol. The van der Waals surface area contributed by atoms with Gasteiger partial charge in [-0.3, -0.25) is 4.79 Å². The van der Waals surface area contributed by atoms with Gasteiger partial charge in [0.15, 0.2) is 0 Å². The van der Waals surface area contributed by atoms with E-state index in [0.717, 1.165) is 13.0 Å². The molecule has 1 aromatic rings. The lowest BCUT2D eigenvalue weighted by Gasteiger charge is -2.23. The Morgan fingerprint density at radius 2 is 2.37 bits per heavy atom. The number of nitrogens with one attached hydrogen (secondary N) is 1. The third-order valence-corrected chi connectivity index (χ3v) is 3.40. The van der Waals surface area contributed by atoms with Crippen molar-refractivity contribution in [2.45, 2.75) is 25.8 Å². The third kappa shape index (κ3) is 3.39. The topological polar surface area (TPSA) is 56.1 Å². The van der Waals surface area contributed by atoms with Crippen LogP contribution in [-0.2, 0) is 4.79 Å². The second-order valence-electron chi connectivity index (χ2n) is 4.79. The molecule has 4 nitrogen and oxygen atoms in total. The van der Waals surface area contributed by atoms with Crippen molar-refractivity contribution in [3.8, 4) is 6.07 Å². The van der Waals surface area contributed by atoms with E-state index in [4.69, 9.17) is 16.9 Å². The molecule has 1 heterocycles. The Balaban J connectivity index is 2.02. The fourth-order valence-electron chi connectivity index (χ4n) is 2.27. The summed E-state index contributed by atoms with van der Waals surface area (Å²) >= 11 is 5.94. The molecule has 0 spiro atoms. The van der Waals surface area contributed by atoms with Crippen molar-refractivity contribution >= 4 is 23.2 Å². The van der Waals surface area contributed by atoms with E-state index in [1.165, 1.54) is 0 Å². The first-order valence-corrected chi connectivity index (χ1v) is 6.72. The van der Waals surface area contributed by atoms with E-state index < -0.39 is 0 Å². The first kappa shape index (κ1) is 13.7. The molecule has 1 atom stereocenters. The number of rotatable bonds is 4. The number of hydrogen-bond acceptors (Lipinski definition) is 3. The van der Waals surface area contributed by atoms with Gasteiger partial charge in [-0.05, 0) is 31.5 Å². The average Bonchev–Trinajstić information content (AvgIpc) is 2.75. The zero-order valence-electron chi connectivity index (χ0n) is 10.8. The van der Waals surface area contributed by atoms with Crippen LogP contribution in [0, 0.1) is 11.3 Å². The molecule has 1 amide bonds. The Labute approximate surface area is 118 Å². The maximum atomic E-state index is 11.6. The van der Waals surface area contributed by atoms with Gasteiger partial charge in [0.05, 0.1) is 11.3 Å². The molecule has 0 radical (unpaired) electrons. The first-order chi connectivity index (χ1) is 9.10. The van der Waals surface area contributed by atoms with Crippen LogP contribution in [0.1, 0.15) is 25.3 Å².